The SMILES string of the molecule is O=C(O)CCc1cnc(CC2CCS(=O)(=O)C2)s1. The molecule has 0 radical (unpaired) electrons. The van der Waals surface area contributed by atoms with E-state index in [0.717, 1.165) is 9.88 Å². The minimum Gasteiger partial charge on any atom is -0.481 e. The van der Waals surface area contributed by atoms with E-state index >= 15 is 0 Å². The van der Waals surface area contributed by atoms with Gasteiger partial charge >= 0.3 is 5.97 Å². The lowest BCUT2D eigenvalue weighted by atomic mass is 10.1. The third kappa shape index (κ3) is 3.78. The van der Waals surface area contributed by atoms with E-state index in [1.165, 1.54) is 11.3 Å². The molecule has 1 unspecified atom stereocenters. The maximum absolute atomic E-state index is 11.3. The maximum Gasteiger partial charge on any atom is 0.303 e. The van der Waals surface area contributed by atoms with Crippen LogP contribution in [0.5, 0.6) is 0 Å². The fourth-order valence-electron chi connectivity index (χ4n) is 2.07. The van der Waals surface area contributed by atoms with E-state index in [1.54, 1.807) is 6.20 Å². The number of carboxylic acids is 1. The van der Waals surface area contributed by atoms with Crippen LogP contribution in [0.2, 0.25) is 0 Å². The van der Waals surface area contributed by atoms with E-state index in [0.29, 0.717) is 19.3 Å². The van der Waals surface area contributed by atoms with Crippen LogP contribution in [0.25, 0.3) is 0 Å². The van der Waals surface area contributed by atoms with Crippen molar-refractivity contribution in [2.75, 3.05) is 11.5 Å². The van der Waals surface area contributed by atoms with Crippen LogP contribution in [0.1, 0.15) is 22.7 Å². The number of aromatic nitrogens is 1. The molecule has 1 saturated heterocycles. The van der Waals surface area contributed by atoms with Crippen LogP contribution in [-0.2, 0) is 27.5 Å². The topological polar surface area (TPSA) is 84.3 Å². The predicted molar refractivity (Wildman–Crippen MR) is 68.5 cm³/mol. The Morgan fingerprint density at radius 2 is 2.33 bits per heavy atom. The summed E-state index contributed by atoms with van der Waals surface area (Å²) in [7, 11) is -2.83. The van der Waals surface area contributed by atoms with E-state index < -0.39 is 15.8 Å². The van der Waals surface area contributed by atoms with Crippen LogP contribution in [0.4, 0.5) is 0 Å². The van der Waals surface area contributed by atoms with E-state index in [-0.39, 0.29) is 23.8 Å². The molecule has 1 N–H and O–H groups in total. The summed E-state index contributed by atoms with van der Waals surface area (Å²) < 4.78 is 22.7. The van der Waals surface area contributed by atoms with Crippen LogP contribution >= 0.6 is 11.3 Å². The summed E-state index contributed by atoms with van der Waals surface area (Å²) in [6, 6.07) is 0. The highest BCUT2D eigenvalue weighted by Crippen LogP contribution is 2.25. The number of thiazole rings is 1. The van der Waals surface area contributed by atoms with Gasteiger partial charge in [0.05, 0.1) is 22.9 Å². The smallest absolute Gasteiger partial charge is 0.303 e. The van der Waals surface area contributed by atoms with Gasteiger partial charge in [0.25, 0.3) is 0 Å². The number of sulfone groups is 1. The van der Waals surface area contributed by atoms with Crippen molar-refractivity contribution in [2.24, 2.45) is 5.92 Å². The molecule has 5 nitrogen and oxygen atoms in total. The predicted octanol–water partition coefficient (Wildman–Crippen LogP) is 1.14. The zero-order chi connectivity index (χ0) is 13.2. The Labute approximate surface area is 110 Å². The average Bonchev–Trinajstić information content (AvgIpc) is 2.83. The zero-order valence-electron chi connectivity index (χ0n) is 9.83. The largest absolute Gasteiger partial charge is 0.481 e. The summed E-state index contributed by atoms with van der Waals surface area (Å²) in [5.41, 5.74) is 0. The Hall–Kier alpha value is -0.950. The highest BCUT2D eigenvalue weighted by Gasteiger charge is 2.28. The molecule has 2 rings (SSSR count). The molecule has 1 aromatic heterocycles. The van der Waals surface area contributed by atoms with Crippen molar-refractivity contribution in [1.82, 2.24) is 4.98 Å². The maximum atomic E-state index is 11.3. The fourth-order valence-corrected chi connectivity index (χ4v) is 4.97. The van der Waals surface area contributed by atoms with Gasteiger partial charge in [0.2, 0.25) is 0 Å². The van der Waals surface area contributed by atoms with Crippen molar-refractivity contribution in [3.05, 3.63) is 16.1 Å². The second-order valence-corrected chi connectivity index (χ2v) is 8.02. The number of hydrogen-bond acceptors (Lipinski definition) is 5. The first-order valence-corrected chi connectivity index (χ1v) is 8.44. The monoisotopic (exact) mass is 289 g/mol. The molecule has 1 atom stereocenters. The third-order valence-corrected chi connectivity index (χ3v) is 5.89. The van der Waals surface area contributed by atoms with E-state index in [2.05, 4.69) is 4.98 Å². The average molecular weight is 289 g/mol. The second kappa shape index (κ2) is 5.36. The third-order valence-electron chi connectivity index (χ3n) is 2.98. The molecule has 0 amide bonds. The Morgan fingerprint density at radius 1 is 1.56 bits per heavy atom. The molecule has 2 heterocycles. The summed E-state index contributed by atoms with van der Waals surface area (Å²) >= 11 is 1.49. The first kappa shape index (κ1) is 13.5. The van der Waals surface area contributed by atoms with Gasteiger partial charge in [-0.15, -0.1) is 11.3 Å². The molecular formula is C11H15NO4S2. The van der Waals surface area contributed by atoms with Gasteiger partial charge in [-0.3, -0.25) is 4.79 Å². The van der Waals surface area contributed by atoms with Crippen molar-refractivity contribution in [3.63, 3.8) is 0 Å². The lowest BCUT2D eigenvalue weighted by Gasteiger charge is -2.02. The summed E-state index contributed by atoms with van der Waals surface area (Å²) in [6.45, 7) is 0. The summed E-state index contributed by atoms with van der Waals surface area (Å²) in [4.78, 5) is 15.6. The number of carbonyl (C=O) groups is 1. The number of nitrogens with zero attached hydrogens (tertiary/aromatic N) is 1. The van der Waals surface area contributed by atoms with Crippen molar-refractivity contribution < 1.29 is 18.3 Å². The molecule has 0 aromatic carbocycles. The van der Waals surface area contributed by atoms with E-state index in [9.17, 15) is 13.2 Å². The normalized spacial score (nSPS) is 22.1. The Balaban J connectivity index is 1.89. The number of carboxylic acid groups (broad SMARTS) is 1. The van der Waals surface area contributed by atoms with Gasteiger partial charge in [-0.05, 0) is 18.8 Å². The molecule has 0 saturated carbocycles. The number of aliphatic carboxylic acids is 1. The Morgan fingerprint density at radius 3 is 2.94 bits per heavy atom. The van der Waals surface area contributed by atoms with Crippen molar-refractivity contribution in [3.8, 4) is 0 Å². The number of aryl methyl sites for hydroxylation is 1. The Kier molecular flexibility index (Phi) is 4.01. The zero-order valence-corrected chi connectivity index (χ0v) is 11.5. The molecule has 0 spiro atoms. The highest BCUT2D eigenvalue weighted by molar-refractivity contribution is 7.91. The van der Waals surface area contributed by atoms with E-state index in [4.69, 9.17) is 5.11 Å². The van der Waals surface area contributed by atoms with Crippen LogP contribution < -0.4 is 0 Å². The minimum atomic E-state index is -2.83. The highest BCUT2D eigenvalue weighted by atomic mass is 32.2. The van der Waals surface area contributed by atoms with Gasteiger partial charge in [-0.25, -0.2) is 13.4 Å². The molecule has 0 bridgehead atoms. The standard InChI is InChI=1S/C11H15NO4S2/c13-11(14)2-1-9-6-12-10(17-9)5-8-3-4-18(15,16)7-8/h6,8H,1-5,7H2,(H,13,14). The second-order valence-electron chi connectivity index (χ2n) is 4.59. The van der Waals surface area contributed by atoms with Gasteiger partial charge in [-0.2, -0.15) is 0 Å². The number of rotatable bonds is 5. The van der Waals surface area contributed by atoms with Crippen LogP contribution in [0, 0.1) is 5.92 Å². The van der Waals surface area contributed by atoms with Gasteiger partial charge in [0.1, 0.15) is 0 Å². The van der Waals surface area contributed by atoms with Crippen LogP contribution in [0.3, 0.4) is 0 Å². The summed E-state index contributed by atoms with van der Waals surface area (Å²) in [6.07, 6.45) is 3.71. The van der Waals surface area contributed by atoms with E-state index in [1.807, 2.05) is 0 Å². The molecule has 1 aliphatic rings. The molecule has 100 valence electrons. The van der Waals surface area contributed by atoms with Crippen LogP contribution in [-0.4, -0.2) is 36.0 Å². The van der Waals surface area contributed by atoms with Gasteiger partial charge < -0.3 is 5.11 Å². The minimum absolute atomic E-state index is 0.111. The first-order chi connectivity index (χ1) is 8.44. The molecule has 18 heavy (non-hydrogen) atoms. The lowest BCUT2D eigenvalue weighted by Crippen LogP contribution is -2.07. The van der Waals surface area contributed by atoms with Crippen molar-refractivity contribution in [2.45, 2.75) is 25.7 Å². The molecule has 0 aliphatic carbocycles. The first-order valence-electron chi connectivity index (χ1n) is 5.80. The van der Waals surface area contributed by atoms with Crippen molar-refractivity contribution >= 4 is 27.1 Å². The van der Waals surface area contributed by atoms with Gasteiger partial charge in [0, 0.05) is 17.5 Å². The number of hydrogen-bond donors (Lipinski definition) is 1. The quantitative estimate of drug-likeness (QED) is 0.878. The fraction of sp³-hybridized carbons (Fsp3) is 0.636. The lowest BCUT2D eigenvalue weighted by molar-refractivity contribution is -0.136. The summed E-state index contributed by atoms with van der Waals surface area (Å²) in [5.74, 6) is -0.0910. The molecular weight excluding hydrogens is 274 g/mol. The van der Waals surface area contributed by atoms with Crippen molar-refractivity contribution in [1.29, 1.82) is 0 Å². The molecule has 1 fully saturated rings. The summed E-state index contributed by atoms with van der Waals surface area (Å²) in [5, 5.41) is 9.50. The molecule has 1 aromatic rings. The molecule has 1 aliphatic heterocycles. The Bertz CT molecular complexity index is 535. The van der Waals surface area contributed by atoms with Gasteiger partial charge in [0.15, 0.2) is 9.84 Å². The van der Waals surface area contributed by atoms with Gasteiger partial charge in [-0.1, -0.05) is 0 Å². The van der Waals surface area contributed by atoms with Crippen LogP contribution in [0.15, 0.2) is 6.20 Å². The molecule has 7 heteroatoms.